The van der Waals surface area contributed by atoms with E-state index < -0.39 is 17.9 Å². The van der Waals surface area contributed by atoms with Crippen molar-refractivity contribution < 1.29 is 29.4 Å². The van der Waals surface area contributed by atoms with Crippen LogP contribution in [0.1, 0.15) is 129 Å². The molecular weight excluding hydrogens is 396 g/mol. The quantitative estimate of drug-likeness (QED) is 0.179. The Hall–Kier alpha value is -1.72. The molecule has 0 spiro atoms. The van der Waals surface area contributed by atoms with Crippen molar-refractivity contribution in [3.05, 3.63) is 0 Å². The third-order valence-electron chi connectivity index (χ3n) is 5.82. The Morgan fingerprint density at radius 1 is 0.581 bits per heavy atom. The van der Waals surface area contributed by atoms with Gasteiger partial charge in [-0.15, -0.1) is 0 Å². The van der Waals surface area contributed by atoms with E-state index in [1.807, 2.05) is 6.92 Å². The summed E-state index contributed by atoms with van der Waals surface area (Å²) < 4.78 is 0. The lowest BCUT2D eigenvalue weighted by atomic mass is 9.93. The standard InChI is InChI=1S/C25H44O6/c1-2-22(26)17-14-11-12-16-21(25(30)31)20-23(27)18-13-9-7-5-3-4-6-8-10-15-19-24(28)29/h21H,2-20H2,1H3,(H,28,29)(H,30,31). The first kappa shape index (κ1) is 29.3. The van der Waals surface area contributed by atoms with Gasteiger partial charge in [0.05, 0.1) is 5.92 Å². The second kappa shape index (κ2) is 20.2. The Kier molecular flexibility index (Phi) is 19.1. The molecule has 0 saturated carbocycles. The van der Waals surface area contributed by atoms with Gasteiger partial charge in [0.2, 0.25) is 0 Å². The van der Waals surface area contributed by atoms with E-state index in [2.05, 4.69) is 0 Å². The molecule has 0 aromatic carbocycles. The molecule has 1 unspecified atom stereocenters. The van der Waals surface area contributed by atoms with Crippen LogP contribution in [-0.2, 0) is 19.2 Å². The molecule has 0 aromatic rings. The third-order valence-corrected chi connectivity index (χ3v) is 5.82. The van der Waals surface area contributed by atoms with Gasteiger partial charge in [0, 0.05) is 32.1 Å². The first-order valence-electron chi connectivity index (χ1n) is 12.3. The number of rotatable bonds is 23. The highest BCUT2D eigenvalue weighted by atomic mass is 16.4. The van der Waals surface area contributed by atoms with Crippen molar-refractivity contribution in [3.8, 4) is 0 Å². The SMILES string of the molecule is CCC(=O)CCCCCC(CC(=O)CCCCCCCCCCCCC(=O)O)C(=O)O. The lowest BCUT2D eigenvalue weighted by Gasteiger charge is -2.11. The second-order valence-electron chi connectivity index (χ2n) is 8.70. The van der Waals surface area contributed by atoms with Crippen LogP contribution in [0.15, 0.2) is 0 Å². The van der Waals surface area contributed by atoms with Crippen molar-refractivity contribution in [1.29, 1.82) is 0 Å². The van der Waals surface area contributed by atoms with Gasteiger partial charge in [-0.2, -0.15) is 0 Å². The van der Waals surface area contributed by atoms with E-state index in [1.165, 1.54) is 12.8 Å². The molecule has 0 bridgehead atoms. The van der Waals surface area contributed by atoms with Gasteiger partial charge >= 0.3 is 11.9 Å². The van der Waals surface area contributed by atoms with Crippen LogP contribution in [0.25, 0.3) is 0 Å². The summed E-state index contributed by atoms with van der Waals surface area (Å²) in [5.74, 6) is -1.90. The van der Waals surface area contributed by atoms with Crippen molar-refractivity contribution in [2.75, 3.05) is 0 Å². The summed E-state index contributed by atoms with van der Waals surface area (Å²) in [4.78, 5) is 45.2. The van der Waals surface area contributed by atoms with Crippen LogP contribution < -0.4 is 0 Å². The normalized spacial score (nSPS) is 11.9. The van der Waals surface area contributed by atoms with Crippen molar-refractivity contribution in [3.63, 3.8) is 0 Å². The summed E-state index contributed by atoms with van der Waals surface area (Å²) in [6.07, 6.45) is 15.4. The van der Waals surface area contributed by atoms with Gasteiger partial charge in [0.1, 0.15) is 11.6 Å². The highest BCUT2D eigenvalue weighted by Crippen LogP contribution is 2.18. The Morgan fingerprint density at radius 2 is 1.00 bits per heavy atom. The number of Topliss-reactive ketones (excluding diaryl/α,β-unsaturated/α-hetero) is 2. The Morgan fingerprint density at radius 3 is 1.45 bits per heavy atom. The lowest BCUT2D eigenvalue weighted by molar-refractivity contribution is -0.144. The van der Waals surface area contributed by atoms with E-state index in [9.17, 15) is 24.3 Å². The molecule has 0 aliphatic carbocycles. The largest absolute Gasteiger partial charge is 0.481 e. The van der Waals surface area contributed by atoms with Gasteiger partial charge in [-0.1, -0.05) is 71.1 Å². The fraction of sp³-hybridized carbons (Fsp3) is 0.840. The molecule has 0 aromatic heterocycles. The monoisotopic (exact) mass is 440 g/mol. The molecule has 0 rings (SSSR count). The second-order valence-corrected chi connectivity index (χ2v) is 8.70. The van der Waals surface area contributed by atoms with Crippen molar-refractivity contribution in [2.24, 2.45) is 5.92 Å². The number of carboxylic acid groups (broad SMARTS) is 2. The molecule has 0 fully saturated rings. The average Bonchev–Trinajstić information content (AvgIpc) is 2.72. The van der Waals surface area contributed by atoms with Crippen molar-refractivity contribution in [1.82, 2.24) is 0 Å². The number of hydrogen-bond donors (Lipinski definition) is 2. The van der Waals surface area contributed by atoms with E-state index in [0.717, 1.165) is 70.6 Å². The Bertz CT molecular complexity index is 514. The molecule has 31 heavy (non-hydrogen) atoms. The lowest BCUT2D eigenvalue weighted by Crippen LogP contribution is -2.18. The van der Waals surface area contributed by atoms with Crippen LogP contribution in [0.2, 0.25) is 0 Å². The van der Waals surface area contributed by atoms with Crippen LogP contribution in [0.4, 0.5) is 0 Å². The predicted octanol–water partition coefficient (Wildman–Crippen LogP) is 6.34. The first-order chi connectivity index (χ1) is 14.9. The molecule has 1 atom stereocenters. The van der Waals surface area contributed by atoms with Crippen LogP contribution in [0.5, 0.6) is 0 Å². The van der Waals surface area contributed by atoms with Gasteiger partial charge in [0.15, 0.2) is 0 Å². The summed E-state index contributed by atoms with van der Waals surface area (Å²) in [6.45, 7) is 1.85. The Balaban J connectivity index is 3.64. The van der Waals surface area contributed by atoms with Crippen LogP contribution in [-0.4, -0.2) is 33.7 Å². The maximum Gasteiger partial charge on any atom is 0.306 e. The zero-order chi connectivity index (χ0) is 23.3. The number of ketones is 2. The molecule has 6 heteroatoms. The number of unbranched alkanes of at least 4 members (excludes halogenated alkanes) is 11. The molecule has 0 aliphatic rings. The highest BCUT2D eigenvalue weighted by molar-refractivity contribution is 5.83. The van der Waals surface area contributed by atoms with E-state index in [0.29, 0.717) is 25.7 Å². The molecule has 0 saturated heterocycles. The molecule has 2 N–H and O–H groups in total. The number of aliphatic carboxylic acids is 2. The number of carbonyl (C=O) groups excluding carboxylic acids is 2. The molecule has 0 aliphatic heterocycles. The summed E-state index contributed by atoms with van der Waals surface area (Å²) >= 11 is 0. The Labute approximate surface area is 188 Å². The average molecular weight is 441 g/mol. The smallest absolute Gasteiger partial charge is 0.306 e. The summed E-state index contributed by atoms with van der Waals surface area (Å²) in [5, 5.41) is 17.9. The fourth-order valence-corrected chi connectivity index (χ4v) is 3.77. The zero-order valence-electron chi connectivity index (χ0n) is 19.5. The number of carbonyl (C=O) groups is 4. The topological polar surface area (TPSA) is 109 Å². The highest BCUT2D eigenvalue weighted by Gasteiger charge is 2.20. The molecule has 180 valence electrons. The van der Waals surface area contributed by atoms with E-state index in [1.54, 1.807) is 0 Å². The summed E-state index contributed by atoms with van der Waals surface area (Å²) in [6, 6.07) is 0. The molecule has 0 heterocycles. The van der Waals surface area contributed by atoms with Crippen LogP contribution in [0, 0.1) is 5.92 Å². The maximum absolute atomic E-state index is 12.1. The summed E-state index contributed by atoms with van der Waals surface area (Å²) in [5.41, 5.74) is 0. The van der Waals surface area contributed by atoms with Gasteiger partial charge < -0.3 is 10.2 Å². The third kappa shape index (κ3) is 20.0. The van der Waals surface area contributed by atoms with Gasteiger partial charge in [-0.05, 0) is 25.7 Å². The predicted molar refractivity (Wildman–Crippen MR) is 122 cm³/mol. The van der Waals surface area contributed by atoms with Crippen molar-refractivity contribution >= 4 is 23.5 Å². The molecule has 0 radical (unpaired) electrons. The minimum absolute atomic E-state index is 0.0509. The minimum atomic E-state index is -0.888. The zero-order valence-corrected chi connectivity index (χ0v) is 19.5. The minimum Gasteiger partial charge on any atom is -0.481 e. The van der Waals surface area contributed by atoms with Crippen molar-refractivity contribution in [2.45, 2.75) is 129 Å². The van der Waals surface area contributed by atoms with Gasteiger partial charge in [-0.25, -0.2) is 0 Å². The van der Waals surface area contributed by atoms with E-state index in [-0.39, 0.29) is 24.4 Å². The first-order valence-corrected chi connectivity index (χ1v) is 12.3. The van der Waals surface area contributed by atoms with Gasteiger partial charge in [-0.3, -0.25) is 19.2 Å². The van der Waals surface area contributed by atoms with Gasteiger partial charge in [0.25, 0.3) is 0 Å². The number of carboxylic acids is 2. The van der Waals surface area contributed by atoms with Crippen LogP contribution >= 0.6 is 0 Å². The van der Waals surface area contributed by atoms with E-state index in [4.69, 9.17) is 5.11 Å². The molecular formula is C25H44O6. The molecule has 0 amide bonds. The molecule has 6 nitrogen and oxygen atoms in total. The number of hydrogen-bond acceptors (Lipinski definition) is 4. The van der Waals surface area contributed by atoms with Crippen LogP contribution in [0.3, 0.4) is 0 Å². The fourth-order valence-electron chi connectivity index (χ4n) is 3.77. The maximum atomic E-state index is 12.1. The summed E-state index contributed by atoms with van der Waals surface area (Å²) in [7, 11) is 0. The van der Waals surface area contributed by atoms with E-state index >= 15 is 0 Å².